The summed E-state index contributed by atoms with van der Waals surface area (Å²) >= 11 is 2.12. The van der Waals surface area contributed by atoms with Crippen LogP contribution < -0.4 is 5.32 Å². The predicted molar refractivity (Wildman–Crippen MR) is 86.4 cm³/mol. The van der Waals surface area contributed by atoms with Gasteiger partial charge in [-0.15, -0.1) is 0 Å². The predicted octanol–water partition coefficient (Wildman–Crippen LogP) is 4.11. The Morgan fingerprint density at radius 2 is 1.95 bits per heavy atom. The van der Waals surface area contributed by atoms with Crippen LogP contribution >= 0.6 is 22.6 Å². The van der Waals surface area contributed by atoms with E-state index in [-0.39, 0.29) is 17.6 Å². The number of halogens is 1. The molecule has 0 bridgehead atoms. The molecule has 0 saturated carbocycles. The maximum absolute atomic E-state index is 12.1. The van der Waals surface area contributed by atoms with Gasteiger partial charge in [0.05, 0.1) is 0 Å². The average Bonchev–Trinajstić information content (AvgIpc) is 2.38. The van der Waals surface area contributed by atoms with Crippen LogP contribution in [0.3, 0.4) is 0 Å². The van der Waals surface area contributed by atoms with E-state index >= 15 is 0 Å². The number of hydrogen-bond donors (Lipinski definition) is 1. The van der Waals surface area contributed by atoms with Crippen molar-refractivity contribution < 1.29 is 9.59 Å². The molecule has 0 aliphatic rings. The molecule has 1 aromatic carbocycles. The summed E-state index contributed by atoms with van der Waals surface area (Å²) in [7, 11) is 0. The van der Waals surface area contributed by atoms with Crippen LogP contribution in [0, 0.1) is 15.4 Å². The normalized spacial score (nSPS) is 13.7. The number of rotatable bonds is 5. The molecular weight excluding hydrogens is 353 g/mol. The smallest absolute Gasteiger partial charge is 0.227 e. The lowest BCUT2D eigenvalue weighted by Gasteiger charge is -2.18. The Bertz CT molecular complexity index is 485. The molecule has 3 nitrogen and oxygen atoms in total. The van der Waals surface area contributed by atoms with E-state index in [1.807, 2.05) is 19.1 Å². The van der Waals surface area contributed by atoms with Gasteiger partial charge in [0.2, 0.25) is 5.91 Å². The van der Waals surface area contributed by atoms with Crippen molar-refractivity contribution in [2.45, 2.75) is 34.1 Å². The van der Waals surface area contributed by atoms with Gasteiger partial charge in [-0.25, -0.2) is 0 Å². The molecule has 104 valence electrons. The number of carbonyl (C=O) groups excluding carboxylic acids is 2. The van der Waals surface area contributed by atoms with Crippen molar-refractivity contribution in [3.05, 3.63) is 27.3 Å². The van der Waals surface area contributed by atoms with Crippen LogP contribution in [0.5, 0.6) is 0 Å². The number of nitrogens with one attached hydrogen (secondary N) is 1. The Kier molecular flexibility index (Phi) is 5.97. The van der Waals surface area contributed by atoms with Crippen LogP contribution in [0.2, 0.25) is 0 Å². The van der Waals surface area contributed by atoms with Crippen LogP contribution in [-0.2, 0) is 4.79 Å². The van der Waals surface area contributed by atoms with Gasteiger partial charge in [-0.05, 0) is 53.6 Å². The Balaban J connectivity index is 2.86. The lowest BCUT2D eigenvalue weighted by atomic mass is 9.93. The SMILES string of the molecule is CCC(C)C(C)C(=O)Nc1ccc(I)c(C(C)=O)c1. The van der Waals surface area contributed by atoms with Gasteiger partial charge in [0.1, 0.15) is 0 Å². The first-order chi connectivity index (χ1) is 8.86. The number of ketones is 1. The first-order valence-electron chi connectivity index (χ1n) is 6.48. The first kappa shape index (κ1) is 16.1. The van der Waals surface area contributed by atoms with Crippen molar-refractivity contribution >= 4 is 40.0 Å². The highest BCUT2D eigenvalue weighted by Crippen LogP contribution is 2.21. The van der Waals surface area contributed by atoms with Crippen LogP contribution in [-0.4, -0.2) is 11.7 Å². The van der Waals surface area contributed by atoms with Crippen molar-refractivity contribution in [1.29, 1.82) is 0 Å². The van der Waals surface area contributed by atoms with E-state index in [1.165, 1.54) is 6.92 Å². The van der Waals surface area contributed by atoms with Gasteiger partial charge >= 0.3 is 0 Å². The zero-order chi connectivity index (χ0) is 14.6. The molecule has 1 aromatic rings. The number of anilines is 1. The molecule has 0 aromatic heterocycles. The molecule has 1 N–H and O–H groups in total. The van der Waals surface area contributed by atoms with Crippen molar-refractivity contribution in [3.8, 4) is 0 Å². The number of amides is 1. The molecule has 0 saturated heterocycles. The summed E-state index contributed by atoms with van der Waals surface area (Å²) in [6, 6.07) is 5.42. The van der Waals surface area contributed by atoms with Crippen LogP contribution in [0.1, 0.15) is 44.5 Å². The molecule has 0 heterocycles. The second-order valence-corrected chi connectivity index (χ2v) is 6.08. The summed E-state index contributed by atoms with van der Waals surface area (Å²) in [5, 5.41) is 2.88. The molecule has 0 aliphatic carbocycles. The van der Waals surface area contributed by atoms with Crippen molar-refractivity contribution in [1.82, 2.24) is 0 Å². The Morgan fingerprint density at radius 3 is 2.47 bits per heavy atom. The molecule has 0 aliphatic heterocycles. The minimum atomic E-state index is -0.0370. The van der Waals surface area contributed by atoms with E-state index in [9.17, 15) is 9.59 Å². The van der Waals surface area contributed by atoms with E-state index in [2.05, 4.69) is 41.8 Å². The van der Waals surface area contributed by atoms with Gasteiger partial charge in [-0.3, -0.25) is 9.59 Å². The minimum Gasteiger partial charge on any atom is -0.326 e. The highest BCUT2D eigenvalue weighted by molar-refractivity contribution is 14.1. The zero-order valence-electron chi connectivity index (χ0n) is 11.8. The lowest BCUT2D eigenvalue weighted by Crippen LogP contribution is -2.25. The van der Waals surface area contributed by atoms with Crippen molar-refractivity contribution in [2.75, 3.05) is 5.32 Å². The lowest BCUT2D eigenvalue weighted by molar-refractivity contribution is -0.120. The first-order valence-corrected chi connectivity index (χ1v) is 7.56. The van der Waals surface area contributed by atoms with Gasteiger partial charge in [0.25, 0.3) is 0 Å². The molecule has 1 amide bonds. The van der Waals surface area contributed by atoms with Gasteiger partial charge in [0.15, 0.2) is 5.78 Å². The molecule has 2 atom stereocenters. The molecule has 2 unspecified atom stereocenters. The van der Waals surface area contributed by atoms with E-state index in [0.29, 0.717) is 17.2 Å². The van der Waals surface area contributed by atoms with Crippen molar-refractivity contribution in [2.24, 2.45) is 11.8 Å². The maximum atomic E-state index is 12.1. The molecule has 4 heteroatoms. The third-order valence-electron chi connectivity index (χ3n) is 3.52. The Labute approximate surface area is 128 Å². The zero-order valence-corrected chi connectivity index (χ0v) is 13.9. The maximum Gasteiger partial charge on any atom is 0.227 e. The van der Waals surface area contributed by atoms with Gasteiger partial charge in [-0.2, -0.15) is 0 Å². The Hall–Kier alpha value is -0.910. The standard InChI is InChI=1S/C15H20INO2/c1-5-9(2)10(3)15(19)17-12-6-7-14(16)13(8-12)11(4)18/h6-10H,5H2,1-4H3,(H,17,19). The minimum absolute atomic E-state index is 0.00469. The molecule has 1 rings (SSSR count). The second kappa shape index (κ2) is 7.03. The largest absolute Gasteiger partial charge is 0.326 e. The van der Waals surface area contributed by atoms with E-state index in [0.717, 1.165) is 9.99 Å². The summed E-state index contributed by atoms with van der Waals surface area (Å²) in [5.74, 6) is 0.321. The topological polar surface area (TPSA) is 46.2 Å². The molecule has 0 fully saturated rings. The van der Waals surface area contributed by atoms with E-state index < -0.39 is 0 Å². The average molecular weight is 373 g/mol. The van der Waals surface area contributed by atoms with Crippen LogP contribution in [0.4, 0.5) is 5.69 Å². The van der Waals surface area contributed by atoms with E-state index in [4.69, 9.17) is 0 Å². The molecule has 19 heavy (non-hydrogen) atoms. The fourth-order valence-corrected chi connectivity index (χ4v) is 2.46. The molecule has 0 spiro atoms. The monoisotopic (exact) mass is 373 g/mol. The third-order valence-corrected chi connectivity index (χ3v) is 4.46. The summed E-state index contributed by atoms with van der Waals surface area (Å²) in [6.45, 7) is 7.61. The second-order valence-electron chi connectivity index (χ2n) is 4.91. The molecule has 0 radical (unpaired) electrons. The van der Waals surface area contributed by atoms with Crippen LogP contribution in [0.15, 0.2) is 18.2 Å². The third kappa shape index (κ3) is 4.30. The van der Waals surface area contributed by atoms with Gasteiger partial charge < -0.3 is 5.32 Å². The van der Waals surface area contributed by atoms with Crippen LogP contribution in [0.25, 0.3) is 0 Å². The quantitative estimate of drug-likeness (QED) is 0.624. The van der Waals surface area contributed by atoms with Crippen molar-refractivity contribution in [3.63, 3.8) is 0 Å². The summed E-state index contributed by atoms with van der Waals surface area (Å²) in [6.07, 6.45) is 0.972. The number of benzene rings is 1. The van der Waals surface area contributed by atoms with E-state index in [1.54, 1.807) is 6.07 Å². The fourth-order valence-electron chi connectivity index (χ4n) is 1.74. The summed E-state index contributed by atoms with van der Waals surface area (Å²) < 4.78 is 0.901. The highest BCUT2D eigenvalue weighted by Gasteiger charge is 2.19. The number of carbonyl (C=O) groups is 2. The fraction of sp³-hybridized carbons (Fsp3) is 0.467. The summed E-state index contributed by atoms with van der Waals surface area (Å²) in [4.78, 5) is 23.6. The summed E-state index contributed by atoms with van der Waals surface area (Å²) in [5.41, 5.74) is 1.33. The highest BCUT2D eigenvalue weighted by atomic mass is 127. The Morgan fingerprint density at radius 1 is 1.32 bits per heavy atom. The van der Waals surface area contributed by atoms with Gasteiger partial charge in [0, 0.05) is 20.7 Å². The molecular formula is C15H20INO2. The number of Topliss-reactive ketones (excluding diaryl/α,β-unsaturated/α-hetero) is 1. The number of hydrogen-bond acceptors (Lipinski definition) is 2. The van der Waals surface area contributed by atoms with Gasteiger partial charge in [-0.1, -0.05) is 27.2 Å².